The summed E-state index contributed by atoms with van der Waals surface area (Å²) < 4.78 is 13.2. The number of nitrogens with zero attached hydrogens (tertiary/aromatic N) is 1. The van der Waals surface area contributed by atoms with Gasteiger partial charge in [0.1, 0.15) is 11.9 Å². The van der Waals surface area contributed by atoms with Gasteiger partial charge in [-0.1, -0.05) is 6.07 Å². The number of hydrogen-bond acceptors (Lipinski definition) is 2. The van der Waals surface area contributed by atoms with Crippen LogP contribution in [0.1, 0.15) is 35.6 Å². The van der Waals surface area contributed by atoms with E-state index >= 15 is 0 Å². The quantitative estimate of drug-likeness (QED) is 0.680. The van der Waals surface area contributed by atoms with Crippen LogP contribution in [0.15, 0.2) is 12.1 Å². The van der Waals surface area contributed by atoms with Crippen LogP contribution in [0.25, 0.3) is 0 Å². The Morgan fingerprint density at radius 3 is 3.00 bits per heavy atom. The first-order chi connectivity index (χ1) is 6.74. The normalized spacial score (nSPS) is 19.9. The monoisotopic (exact) mass is 190 g/mol. The van der Waals surface area contributed by atoms with Gasteiger partial charge in [0.2, 0.25) is 0 Å². The smallest absolute Gasteiger partial charge is 0.141 e. The van der Waals surface area contributed by atoms with Gasteiger partial charge in [-0.15, -0.1) is 0 Å². The first-order valence-electron chi connectivity index (χ1n) is 4.71. The Kier molecular flexibility index (Phi) is 2.22. The lowest BCUT2D eigenvalue weighted by Crippen LogP contribution is -2.18. The summed E-state index contributed by atoms with van der Waals surface area (Å²) in [6.45, 7) is 0. The molecule has 0 bridgehead atoms. The lowest BCUT2D eigenvalue weighted by molar-refractivity contribution is 0.557. The van der Waals surface area contributed by atoms with Crippen LogP contribution >= 0.6 is 0 Å². The fraction of sp³-hybridized carbons (Fsp3) is 0.364. The number of benzene rings is 1. The fourth-order valence-electron chi connectivity index (χ4n) is 2.03. The molecule has 0 saturated carbocycles. The van der Waals surface area contributed by atoms with Crippen molar-refractivity contribution in [1.82, 2.24) is 0 Å². The summed E-state index contributed by atoms with van der Waals surface area (Å²) >= 11 is 0. The molecular formula is C11H11FN2. The molecule has 1 atom stereocenters. The zero-order chi connectivity index (χ0) is 10.1. The van der Waals surface area contributed by atoms with Crippen molar-refractivity contribution in [2.24, 2.45) is 5.73 Å². The predicted molar refractivity (Wildman–Crippen MR) is 51.0 cm³/mol. The van der Waals surface area contributed by atoms with Crippen molar-refractivity contribution in [3.05, 3.63) is 34.6 Å². The van der Waals surface area contributed by atoms with Crippen molar-refractivity contribution in [3.8, 4) is 6.07 Å². The van der Waals surface area contributed by atoms with Gasteiger partial charge in [0.15, 0.2) is 0 Å². The Hall–Kier alpha value is -1.40. The molecule has 0 radical (unpaired) electrons. The summed E-state index contributed by atoms with van der Waals surface area (Å²) in [6.07, 6.45) is 2.62. The van der Waals surface area contributed by atoms with E-state index in [-0.39, 0.29) is 11.6 Å². The Balaban J connectivity index is 2.63. The van der Waals surface area contributed by atoms with Crippen molar-refractivity contribution < 1.29 is 4.39 Å². The van der Waals surface area contributed by atoms with Crippen LogP contribution < -0.4 is 5.73 Å². The van der Waals surface area contributed by atoms with Gasteiger partial charge >= 0.3 is 0 Å². The van der Waals surface area contributed by atoms with Gasteiger partial charge in [0.25, 0.3) is 0 Å². The molecule has 0 amide bonds. The predicted octanol–water partition coefficient (Wildman–Crippen LogP) is 2.03. The lowest BCUT2D eigenvalue weighted by atomic mass is 9.85. The highest BCUT2D eigenvalue weighted by molar-refractivity contribution is 5.46. The largest absolute Gasteiger partial charge is 0.324 e. The Morgan fingerprint density at radius 2 is 2.29 bits per heavy atom. The molecule has 1 aliphatic rings. The third-order valence-corrected chi connectivity index (χ3v) is 2.75. The first-order valence-corrected chi connectivity index (χ1v) is 4.71. The molecule has 0 fully saturated rings. The molecule has 0 aromatic heterocycles. The zero-order valence-corrected chi connectivity index (χ0v) is 7.76. The van der Waals surface area contributed by atoms with Gasteiger partial charge in [-0.05, 0) is 36.5 Å². The highest BCUT2D eigenvalue weighted by Gasteiger charge is 2.21. The van der Waals surface area contributed by atoms with Crippen LogP contribution in [-0.2, 0) is 6.42 Å². The van der Waals surface area contributed by atoms with Crippen LogP contribution in [0.5, 0.6) is 0 Å². The van der Waals surface area contributed by atoms with Gasteiger partial charge in [0.05, 0.1) is 5.56 Å². The summed E-state index contributed by atoms with van der Waals surface area (Å²) in [5.41, 5.74) is 7.82. The Bertz CT molecular complexity index is 406. The molecule has 3 heteroatoms. The van der Waals surface area contributed by atoms with Gasteiger partial charge in [0, 0.05) is 6.04 Å². The van der Waals surface area contributed by atoms with E-state index < -0.39 is 5.82 Å². The second kappa shape index (κ2) is 3.39. The number of halogens is 1. The Morgan fingerprint density at radius 1 is 1.50 bits per heavy atom. The van der Waals surface area contributed by atoms with Crippen molar-refractivity contribution in [3.63, 3.8) is 0 Å². The first kappa shape index (κ1) is 9.17. The van der Waals surface area contributed by atoms with Crippen molar-refractivity contribution in [1.29, 1.82) is 5.26 Å². The van der Waals surface area contributed by atoms with Crippen LogP contribution in [0.4, 0.5) is 4.39 Å². The molecule has 2 N–H and O–H groups in total. The van der Waals surface area contributed by atoms with E-state index in [4.69, 9.17) is 11.0 Å². The SMILES string of the molecule is N#Cc1c(F)ccc2c1CCC[C@H]2N. The summed E-state index contributed by atoms with van der Waals surface area (Å²) in [5, 5.41) is 8.83. The maximum atomic E-state index is 13.2. The van der Waals surface area contributed by atoms with Crippen molar-refractivity contribution in [2.75, 3.05) is 0 Å². The third kappa shape index (κ3) is 1.28. The average Bonchev–Trinajstić information content (AvgIpc) is 2.18. The number of rotatable bonds is 0. The minimum atomic E-state index is -0.430. The number of nitriles is 1. The van der Waals surface area contributed by atoms with E-state index in [1.165, 1.54) is 6.07 Å². The van der Waals surface area contributed by atoms with Gasteiger partial charge < -0.3 is 5.73 Å². The van der Waals surface area contributed by atoms with Gasteiger partial charge in [-0.25, -0.2) is 4.39 Å². The van der Waals surface area contributed by atoms with E-state index in [1.54, 1.807) is 6.07 Å². The molecule has 2 rings (SSSR count). The van der Waals surface area contributed by atoms with E-state index in [2.05, 4.69) is 0 Å². The van der Waals surface area contributed by atoms with Crippen LogP contribution in [0.3, 0.4) is 0 Å². The minimum Gasteiger partial charge on any atom is -0.324 e. The van der Waals surface area contributed by atoms with E-state index in [9.17, 15) is 4.39 Å². The second-order valence-corrected chi connectivity index (χ2v) is 3.60. The van der Waals surface area contributed by atoms with Crippen LogP contribution in [0, 0.1) is 17.1 Å². The van der Waals surface area contributed by atoms with Crippen molar-refractivity contribution in [2.45, 2.75) is 25.3 Å². The second-order valence-electron chi connectivity index (χ2n) is 3.60. The maximum Gasteiger partial charge on any atom is 0.141 e. The van der Waals surface area contributed by atoms with Crippen LogP contribution in [0.2, 0.25) is 0 Å². The molecule has 1 aromatic rings. The van der Waals surface area contributed by atoms with Gasteiger partial charge in [-0.2, -0.15) is 5.26 Å². The number of nitrogens with two attached hydrogens (primary N) is 1. The van der Waals surface area contributed by atoms with E-state index in [0.717, 1.165) is 30.4 Å². The molecule has 2 nitrogen and oxygen atoms in total. The summed E-state index contributed by atoms with van der Waals surface area (Å²) in [4.78, 5) is 0. The molecule has 1 aliphatic carbocycles. The Labute approximate surface area is 82.1 Å². The van der Waals surface area contributed by atoms with Crippen molar-refractivity contribution >= 4 is 0 Å². The van der Waals surface area contributed by atoms with E-state index in [1.807, 2.05) is 6.07 Å². The molecule has 0 spiro atoms. The highest BCUT2D eigenvalue weighted by Crippen LogP contribution is 2.30. The summed E-state index contributed by atoms with van der Waals surface area (Å²) in [5.74, 6) is -0.430. The maximum absolute atomic E-state index is 13.2. The average molecular weight is 190 g/mol. The number of fused-ring (bicyclic) bond motifs is 1. The molecular weight excluding hydrogens is 179 g/mol. The third-order valence-electron chi connectivity index (χ3n) is 2.75. The highest BCUT2D eigenvalue weighted by atomic mass is 19.1. The number of hydrogen-bond donors (Lipinski definition) is 1. The minimum absolute atomic E-state index is 0.0357. The topological polar surface area (TPSA) is 49.8 Å². The van der Waals surface area contributed by atoms with Crippen LogP contribution in [-0.4, -0.2) is 0 Å². The molecule has 72 valence electrons. The summed E-state index contributed by atoms with van der Waals surface area (Å²) in [7, 11) is 0. The van der Waals surface area contributed by atoms with Gasteiger partial charge in [-0.3, -0.25) is 0 Å². The molecule has 14 heavy (non-hydrogen) atoms. The fourth-order valence-corrected chi connectivity index (χ4v) is 2.03. The molecule has 0 aliphatic heterocycles. The van der Waals surface area contributed by atoms with E-state index in [0.29, 0.717) is 0 Å². The standard InChI is InChI=1S/C11H11FN2/c12-10-5-4-8-7(9(10)6-13)2-1-3-11(8)14/h4-5,11H,1-3,14H2/t11-/m1/s1. The molecule has 1 aromatic carbocycles. The zero-order valence-electron chi connectivity index (χ0n) is 7.76. The lowest BCUT2D eigenvalue weighted by Gasteiger charge is -2.22. The molecule has 0 unspecified atom stereocenters. The molecule has 0 heterocycles. The summed E-state index contributed by atoms with van der Waals surface area (Å²) in [6, 6.07) is 4.92. The molecule has 0 saturated heterocycles.